The highest BCUT2D eigenvalue weighted by Crippen LogP contribution is 2.49. The third-order valence-electron chi connectivity index (χ3n) is 7.66. The second kappa shape index (κ2) is 11.4. The Hall–Kier alpha value is -3.37. The van der Waals surface area contributed by atoms with Gasteiger partial charge in [0.1, 0.15) is 17.7 Å². The summed E-state index contributed by atoms with van der Waals surface area (Å²) in [6, 6.07) is 10.9. The highest BCUT2D eigenvalue weighted by molar-refractivity contribution is 5.92. The molecule has 2 aromatic carbocycles. The van der Waals surface area contributed by atoms with E-state index in [1.807, 2.05) is 0 Å². The number of piperidine rings is 1. The lowest BCUT2D eigenvalue weighted by Crippen LogP contribution is -2.60. The van der Waals surface area contributed by atoms with Crippen molar-refractivity contribution in [2.45, 2.75) is 50.8 Å². The number of carbonyl (C=O) groups excluding carboxylic acids is 3. The number of benzene rings is 2. The molecule has 0 bridgehead atoms. The average Bonchev–Trinajstić information content (AvgIpc) is 3.13. The number of likely N-dealkylation sites (tertiary alicyclic amines) is 2. The molecule has 2 heterocycles. The van der Waals surface area contributed by atoms with E-state index >= 15 is 0 Å². The number of halogens is 2. The van der Waals surface area contributed by atoms with Gasteiger partial charge >= 0.3 is 0 Å². The van der Waals surface area contributed by atoms with Crippen molar-refractivity contribution in [3.63, 3.8) is 0 Å². The summed E-state index contributed by atoms with van der Waals surface area (Å²) in [6.45, 7) is 4.13. The third kappa shape index (κ3) is 6.28. The van der Waals surface area contributed by atoms with Crippen molar-refractivity contribution in [1.29, 1.82) is 0 Å². The molecule has 8 nitrogen and oxygen atoms in total. The van der Waals surface area contributed by atoms with Gasteiger partial charge in [0, 0.05) is 32.6 Å². The molecule has 2 fully saturated rings. The van der Waals surface area contributed by atoms with E-state index in [0.717, 1.165) is 5.56 Å². The molecule has 1 spiro atoms. The summed E-state index contributed by atoms with van der Waals surface area (Å²) in [5.74, 6) is -1.87. The monoisotopic (exact) mass is 542 g/mol. The number of likely N-dealkylation sites (N-methyl/N-ethyl adjacent to an activating group) is 1. The van der Waals surface area contributed by atoms with Gasteiger partial charge in [-0.15, -0.1) is 0 Å². The number of amides is 3. The molecular formula is C29H36F2N4O4. The van der Waals surface area contributed by atoms with E-state index in [1.165, 1.54) is 24.3 Å². The zero-order valence-electron chi connectivity index (χ0n) is 22.6. The molecule has 3 N–H and O–H groups in total. The Labute approximate surface area is 227 Å². The first-order chi connectivity index (χ1) is 18.4. The zero-order chi connectivity index (χ0) is 28.4. The number of rotatable bonds is 8. The van der Waals surface area contributed by atoms with E-state index in [1.54, 1.807) is 55.0 Å². The summed E-state index contributed by atoms with van der Waals surface area (Å²) in [4.78, 5) is 43.4. The van der Waals surface area contributed by atoms with Crippen LogP contribution in [0.4, 0.5) is 8.78 Å². The number of hydrogen-bond donors (Lipinski definition) is 2. The predicted octanol–water partition coefficient (Wildman–Crippen LogP) is 2.57. The Balaban J connectivity index is 1.54. The van der Waals surface area contributed by atoms with Crippen molar-refractivity contribution in [2.24, 2.45) is 11.1 Å². The molecule has 0 radical (unpaired) electrons. The minimum Gasteiger partial charge on any atom is -0.374 e. The number of nitrogens with zero attached hydrogens (tertiary/aromatic N) is 2. The van der Waals surface area contributed by atoms with E-state index in [2.05, 4.69) is 5.32 Å². The average molecular weight is 543 g/mol. The molecule has 2 aliphatic rings. The van der Waals surface area contributed by atoms with Gasteiger partial charge in [0.25, 0.3) is 0 Å². The van der Waals surface area contributed by atoms with E-state index in [4.69, 9.17) is 10.5 Å². The quantitative estimate of drug-likeness (QED) is 0.534. The van der Waals surface area contributed by atoms with Gasteiger partial charge in [-0.25, -0.2) is 8.78 Å². The van der Waals surface area contributed by atoms with Crippen LogP contribution in [0, 0.1) is 17.0 Å². The fraction of sp³-hybridized carbons (Fsp3) is 0.483. The Kier molecular flexibility index (Phi) is 8.37. The van der Waals surface area contributed by atoms with Crippen molar-refractivity contribution >= 4 is 17.7 Å². The van der Waals surface area contributed by atoms with E-state index < -0.39 is 22.9 Å². The van der Waals surface area contributed by atoms with Gasteiger partial charge in [-0.2, -0.15) is 0 Å². The Morgan fingerprint density at radius 2 is 1.74 bits per heavy atom. The Morgan fingerprint density at radius 1 is 1.13 bits per heavy atom. The van der Waals surface area contributed by atoms with Crippen molar-refractivity contribution in [1.82, 2.24) is 15.1 Å². The number of hydrogen-bond acceptors (Lipinski definition) is 5. The highest BCUT2D eigenvalue weighted by atomic mass is 19.1. The normalized spacial score (nSPS) is 22.3. The SMILES string of the molecule is CN1CC(c2ccc(F)cc2)C2(CCCN(C(=O)C(COCc3ccc(F)cc3)NC(=O)C(C)(C)N)C2)C1=O. The molecule has 210 valence electrons. The molecule has 2 aromatic rings. The van der Waals surface area contributed by atoms with Crippen LogP contribution in [0.1, 0.15) is 43.7 Å². The first kappa shape index (κ1) is 28.6. The number of nitrogens with two attached hydrogens (primary N) is 1. The molecule has 3 amide bonds. The second-order valence-corrected chi connectivity index (χ2v) is 11.2. The van der Waals surface area contributed by atoms with Crippen LogP contribution in [-0.4, -0.2) is 72.4 Å². The highest BCUT2D eigenvalue weighted by Gasteiger charge is 2.56. The van der Waals surface area contributed by atoms with E-state index in [0.29, 0.717) is 31.5 Å². The van der Waals surface area contributed by atoms with E-state index in [-0.39, 0.29) is 49.1 Å². The molecule has 0 aliphatic carbocycles. The molecule has 0 saturated carbocycles. The van der Waals surface area contributed by atoms with Crippen molar-refractivity contribution in [2.75, 3.05) is 33.3 Å². The van der Waals surface area contributed by atoms with Crippen LogP contribution in [0.2, 0.25) is 0 Å². The molecular weight excluding hydrogens is 506 g/mol. The number of carbonyl (C=O) groups is 3. The Bertz CT molecular complexity index is 1200. The van der Waals surface area contributed by atoms with E-state index in [9.17, 15) is 23.2 Å². The summed E-state index contributed by atoms with van der Waals surface area (Å²) < 4.78 is 32.6. The zero-order valence-corrected chi connectivity index (χ0v) is 22.6. The van der Waals surface area contributed by atoms with Gasteiger partial charge in [0.2, 0.25) is 17.7 Å². The largest absolute Gasteiger partial charge is 0.374 e. The first-order valence-corrected chi connectivity index (χ1v) is 13.1. The van der Waals surface area contributed by atoms with Crippen LogP contribution in [0.3, 0.4) is 0 Å². The molecule has 10 heteroatoms. The standard InChI is InChI=1S/C29H36F2N4O4/c1-28(2,32)26(37)33-24(17-39-16-19-5-9-21(30)10-6-19)25(36)35-14-4-13-29(18-35)23(15-34(3)27(29)38)20-7-11-22(31)12-8-20/h5-12,23-24H,4,13-18,32H2,1-3H3,(H,33,37). The van der Waals surface area contributed by atoms with Crippen molar-refractivity contribution < 1.29 is 27.9 Å². The van der Waals surface area contributed by atoms with Gasteiger partial charge in [0.15, 0.2) is 0 Å². The summed E-state index contributed by atoms with van der Waals surface area (Å²) in [5.41, 5.74) is 5.46. The van der Waals surface area contributed by atoms with Crippen molar-refractivity contribution in [3.8, 4) is 0 Å². The lowest BCUT2D eigenvalue weighted by Gasteiger charge is -2.43. The van der Waals surface area contributed by atoms with Gasteiger partial charge in [-0.1, -0.05) is 24.3 Å². The smallest absolute Gasteiger partial charge is 0.247 e. The van der Waals surface area contributed by atoms with Crippen molar-refractivity contribution in [3.05, 3.63) is 71.3 Å². The van der Waals surface area contributed by atoms with Crippen LogP contribution < -0.4 is 11.1 Å². The lowest BCUT2D eigenvalue weighted by atomic mass is 9.69. The molecule has 2 saturated heterocycles. The molecule has 2 aliphatic heterocycles. The maximum absolute atomic E-state index is 13.8. The van der Waals surface area contributed by atoms with Gasteiger partial charge in [-0.05, 0) is 62.1 Å². The van der Waals surface area contributed by atoms with Gasteiger partial charge < -0.3 is 25.6 Å². The second-order valence-electron chi connectivity index (χ2n) is 11.2. The third-order valence-corrected chi connectivity index (χ3v) is 7.66. The summed E-state index contributed by atoms with van der Waals surface area (Å²) in [6.07, 6.45) is 1.19. The first-order valence-electron chi connectivity index (χ1n) is 13.1. The minimum absolute atomic E-state index is 0.0504. The maximum atomic E-state index is 13.8. The van der Waals surface area contributed by atoms with Crippen LogP contribution >= 0.6 is 0 Å². The molecule has 4 rings (SSSR count). The summed E-state index contributed by atoms with van der Waals surface area (Å²) in [7, 11) is 1.74. The van der Waals surface area contributed by atoms with Crippen LogP contribution in [0.5, 0.6) is 0 Å². The molecule has 0 aromatic heterocycles. The van der Waals surface area contributed by atoms with Crippen LogP contribution in [0.15, 0.2) is 48.5 Å². The maximum Gasteiger partial charge on any atom is 0.247 e. The minimum atomic E-state index is -1.23. The van der Waals surface area contributed by atoms with Crippen LogP contribution in [-0.2, 0) is 25.7 Å². The predicted molar refractivity (Wildman–Crippen MR) is 141 cm³/mol. The van der Waals surface area contributed by atoms with Gasteiger partial charge in [-0.3, -0.25) is 14.4 Å². The van der Waals surface area contributed by atoms with Gasteiger partial charge in [0.05, 0.1) is 24.2 Å². The molecule has 3 atom stereocenters. The molecule has 3 unspecified atom stereocenters. The number of ether oxygens (including phenoxy) is 1. The van der Waals surface area contributed by atoms with Crippen LogP contribution in [0.25, 0.3) is 0 Å². The Morgan fingerprint density at radius 3 is 2.36 bits per heavy atom. The lowest BCUT2D eigenvalue weighted by molar-refractivity contribution is -0.147. The molecule has 39 heavy (non-hydrogen) atoms. The summed E-state index contributed by atoms with van der Waals surface area (Å²) in [5, 5.41) is 2.72. The topological polar surface area (TPSA) is 105 Å². The fourth-order valence-corrected chi connectivity index (χ4v) is 5.53. The summed E-state index contributed by atoms with van der Waals surface area (Å²) >= 11 is 0. The fourth-order valence-electron chi connectivity index (χ4n) is 5.53. The number of nitrogens with one attached hydrogen (secondary N) is 1.